The molecule has 6 heterocycles. The summed E-state index contributed by atoms with van der Waals surface area (Å²) in [6.45, 7) is 14.3. The van der Waals surface area contributed by atoms with Gasteiger partial charge in [-0.05, 0) is 93.3 Å². The van der Waals surface area contributed by atoms with Crippen molar-refractivity contribution in [2.75, 3.05) is 58.2 Å². The molecule has 0 saturated carbocycles. The number of para-hydroxylation sites is 1. The van der Waals surface area contributed by atoms with Gasteiger partial charge in [-0.25, -0.2) is 4.98 Å². The minimum absolute atomic E-state index is 0.0240. The first-order valence-electron chi connectivity index (χ1n) is 22.9. The lowest BCUT2D eigenvalue weighted by Gasteiger charge is -2.38. The van der Waals surface area contributed by atoms with Crippen molar-refractivity contribution in [2.45, 2.75) is 97.0 Å². The molecule has 3 aliphatic heterocycles. The fraction of sp³-hybridized carbons (Fsp3) is 0.521. The number of nitrogens with one attached hydrogen (secondary N) is 3. The van der Waals surface area contributed by atoms with Crippen LogP contribution in [0.15, 0.2) is 60.1 Å². The Morgan fingerprint density at radius 3 is 2.31 bits per heavy atom. The molecule has 346 valence electrons. The molecule has 3 fully saturated rings. The molecule has 3 amide bonds. The van der Waals surface area contributed by atoms with Gasteiger partial charge in [0.1, 0.15) is 17.8 Å². The first-order chi connectivity index (χ1) is 31.2. The van der Waals surface area contributed by atoms with Crippen molar-refractivity contribution < 1.29 is 24.6 Å². The zero-order valence-electron chi connectivity index (χ0n) is 38.3. The molecule has 0 bridgehead atoms. The Balaban J connectivity index is 0.812. The minimum Gasteiger partial charge on any atom is -0.507 e. The number of amides is 3. The second-order valence-electron chi connectivity index (χ2n) is 19.2. The summed E-state index contributed by atoms with van der Waals surface area (Å²) in [7, 11) is 1.84. The molecule has 65 heavy (non-hydrogen) atoms. The molecule has 16 nitrogen and oxygen atoms in total. The first kappa shape index (κ1) is 46.1. The first-order valence-corrected chi connectivity index (χ1v) is 23.8. The van der Waals surface area contributed by atoms with E-state index in [0.717, 1.165) is 85.6 Å². The highest BCUT2D eigenvalue weighted by Crippen LogP contribution is 2.35. The normalized spacial score (nSPS) is 20.2. The summed E-state index contributed by atoms with van der Waals surface area (Å²) in [5.74, 6) is 0.446. The number of aromatic nitrogens is 5. The lowest BCUT2D eigenvalue weighted by Crippen LogP contribution is -2.59. The van der Waals surface area contributed by atoms with Gasteiger partial charge in [-0.2, -0.15) is 5.10 Å². The van der Waals surface area contributed by atoms with Gasteiger partial charge >= 0.3 is 0 Å². The van der Waals surface area contributed by atoms with E-state index in [1.165, 1.54) is 4.90 Å². The Hall–Kier alpha value is -5.49. The topological polar surface area (TPSA) is 194 Å². The van der Waals surface area contributed by atoms with Crippen LogP contribution in [0.1, 0.15) is 83.1 Å². The third kappa shape index (κ3) is 10.3. The number of carbonyl (C=O) groups is 3. The maximum Gasteiger partial charge on any atom is 0.246 e. The van der Waals surface area contributed by atoms with Crippen LogP contribution < -0.4 is 16.0 Å². The number of thiazole rings is 1. The van der Waals surface area contributed by atoms with Crippen LogP contribution in [-0.4, -0.2) is 139 Å². The van der Waals surface area contributed by atoms with E-state index in [4.69, 9.17) is 5.10 Å². The second-order valence-corrected chi connectivity index (χ2v) is 20.0. The molecule has 0 radical (unpaired) electrons. The Kier molecular flexibility index (Phi) is 13.8. The molecular weight excluding hydrogens is 843 g/mol. The van der Waals surface area contributed by atoms with Crippen molar-refractivity contribution in [3.8, 4) is 27.4 Å². The highest BCUT2D eigenvalue weighted by atomic mass is 32.1. The molecule has 5 N–H and O–H groups in total. The molecule has 2 aromatic carbocycles. The maximum atomic E-state index is 14.3. The van der Waals surface area contributed by atoms with Crippen LogP contribution in [0.3, 0.4) is 0 Å². The van der Waals surface area contributed by atoms with E-state index in [1.54, 1.807) is 23.5 Å². The predicted molar refractivity (Wildman–Crippen MR) is 252 cm³/mol. The summed E-state index contributed by atoms with van der Waals surface area (Å²) >= 11 is 1.59. The fourth-order valence-electron chi connectivity index (χ4n) is 9.67. The van der Waals surface area contributed by atoms with E-state index < -0.39 is 23.6 Å². The number of rotatable bonds is 13. The van der Waals surface area contributed by atoms with Crippen molar-refractivity contribution >= 4 is 45.9 Å². The Morgan fingerprint density at radius 1 is 0.938 bits per heavy atom. The van der Waals surface area contributed by atoms with Gasteiger partial charge in [0.25, 0.3) is 0 Å². The van der Waals surface area contributed by atoms with E-state index in [2.05, 4.69) is 45.6 Å². The number of hydrogen-bond acceptors (Lipinski definition) is 13. The molecular formula is C48H63N11O5S. The molecule has 3 aliphatic rings. The molecule has 3 saturated heterocycles. The van der Waals surface area contributed by atoms with Crippen LogP contribution in [-0.2, 0) is 14.4 Å². The number of fused-ring (bicyclic) bond motifs is 1. The molecule has 8 rings (SSSR count). The van der Waals surface area contributed by atoms with Gasteiger partial charge < -0.3 is 36.0 Å². The van der Waals surface area contributed by atoms with Crippen LogP contribution in [0.2, 0.25) is 0 Å². The Bertz CT molecular complexity index is 2470. The predicted octanol–water partition coefficient (Wildman–Crippen LogP) is 5.39. The SMILES string of the molecule is CNc1nn(C2CCN(CC3CCN(CC(=O)N[C@H](C(=O)N4C[C@H](O)C[C@H]4C(=O)N[C@@H](C)c4ccc(-c5scnc5C)cc4)C(C)(C)C)CC3)CC2)c2cc(-c3ccccc3O)nnc12. The third-order valence-corrected chi connectivity index (χ3v) is 14.4. The summed E-state index contributed by atoms with van der Waals surface area (Å²) in [5, 5.41) is 44.3. The van der Waals surface area contributed by atoms with Gasteiger partial charge in [-0.15, -0.1) is 21.5 Å². The van der Waals surface area contributed by atoms with Crippen LogP contribution in [0.4, 0.5) is 5.82 Å². The molecule has 17 heteroatoms. The van der Waals surface area contributed by atoms with Crippen molar-refractivity contribution in [2.24, 2.45) is 11.3 Å². The van der Waals surface area contributed by atoms with Gasteiger partial charge in [0.2, 0.25) is 17.7 Å². The van der Waals surface area contributed by atoms with Gasteiger partial charge in [0.15, 0.2) is 11.3 Å². The number of aromatic hydroxyl groups is 1. The van der Waals surface area contributed by atoms with Crippen molar-refractivity contribution in [1.82, 2.24) is 50.3 Å². The quantitative estimate of drug-likeness (QED) is 0.101. The van der Waals surface area contributed by atoms with Crippen LogP contribution in [0.5, 0.6) is 5.75 Å². The number of piperidine rings is 2. The number of phenols is 1. The average Bonchev–Trinajstić information content (AvgIpc) is 4.02. The van der Waals surface area contributed by atoms with Crippen molar-refractivity contribution in [3.05, 3.63) is 71.4 Å². The van der Waals surface area contributed by atoms with Crippen molar-refractivity contribution in [1.29, 1.82) is 0 Å². The van der Waals surface area contributed by atoms with E-state index in [-0.39, 0.29) is 55.1 Å². The summed E-state index contributed by atoms with van der Waals surface area (Å²) in [5.41, 5.74) is 6.99. The summed E-state index contributed by atoms with van der Waals surface area (Å²) in [6, 6.07) is 15.3. The number of benzene rings is 2. The van der Waals surface area contributed by atoms with Gasteiger partial charge in [0, 0.05) is 45.2 Å². The summed E-state index contributed by atoms with van der Waals surface area (Å²) < 4.78 is 2.08. The molecule has 0 aliphatic carbocycles. The smallest absolute Gasteiger partial charge is 0.246 e. The van der Waals surface area contributed by atoms with E-state index in [0.29, 0.717) is 28.5 Å². The summed E-state index contributed by atoms with van der Waals surface area (Å²) in [6.07, 6.45) is 3.14. The van der Waals surface area contributed by atoms with Crippen LogP contribution in [0, 0.1) is 18.3 Å². The zero-order chi connectivity index (χ0) is 46.0. The van der Waals surface area contributed by atoms with Crippen molar-refractivity contribution in [3.63, 3.8) is 0 Å². The number of aliphatic hydroxyl groups is 1. The fourth-order valence-corrected chi connectivity index (χ4v) is 10.5. The van der Waals surface area contributed by atoms with Gasteiger partial charge in [-0.3, -0.25) is 24.0 Å². The monoisotopic (exact) mass is 905 g/mol. The number of hydrogen-bond donors (Lipinski definition) is 5. The molecule has 0 unspecified atom stereocenters. The maximum absolute atomic E-state index is 14.3. The highest BCUT2D eigenvalue weighted by molar-refractivity contribution is 7.13. The number of aliphatic hydroxyl groups excluding tert-OH is 1. The molecule has 4 atom stereocenters. The van der Waals surface area contributed by atoms with Gasteiger partial charge in [0.05, 0.1) is 52.0 Å². The number of aryl methyl sites for hydroxylation is 1. The Labute approximate surface area is 384 Å². The van der Waals surface area contributed by atoms with E-state index in [1.807, 2.05) is 89.6 Å². The number of nitrogens with zero attached hydrogens (tertiary/aromatic N) is 8. The number of likely N-dealkylation sites (tertiary alicyclic amines) is 3. The number of β-amino-alcohol motifs (C(OH)–C–C–N with tert-alkyl or cyclic N) is 1. The standard InChI is InChI=1S/C48H63N11O5S/c1-29(32-11-13-33(14-12-32)43-30(2)50-28-65-43)51-46(63)39-23-35(60)26-58(39)47(64)44(48(3,4)5)52-41(62)27-57-19-15-31(16-20-57)25-56-21-17-34(18-22-56)59-38-24-37(36-9-7-8-10-40(36)61)53-54-42(38)45(49-6)55-59/h7-14,24,28-29,31,34-35,39,44,60-61H,15-23,25-27H2,1-6H3,(H,49,55)(H,51,63)(H,52,62)/t29-,35+,39-,44+/m0/s1. The Morgan fingerprint density at radius 2 is 1.65 bits per heavy atom. The van der Waals surface area contributed by atoms with E-state index >= 15 is 0 Å². The lowest BCUT2D eigenvalue weighted by molar-refractivity contribution is -0.144. The zero-order valence-corrected chi connectivity index (χ0v) is 39.1. The van der Waals surface area contributed by atoms with Gasteiger partial charge in [-0.1, -0.05) is 57.2 Å². The van der Waals surface area contributed by atoms with Crippen LogP contribution >= 0.6 is 11.3 Å². The highest BCUT2D eigenvalue weighted by Gasteiger charge is 2.45. The number of anilines is 1. The average molecular weight is 906 g/mol. The van der Waals surface area contributed by atoms with Crippen LogP contribution in [0.25, 0.3) is 32.7 Å². The third-order valence-electron chi connectivity index (χ3n) is 13.4. The molecule has 3 aromatic heterocycles. The summed E-state index contributed by atoms with van der Waals surface area (Å²) in [4.78, 5) is 53.3. The second kappa shape index (κ2) is 19.5. The number of phenolic OH excluding ortho intramolecular Hbond substituents is 1. The largest absolute Gasteiger partial charge is 0.507 e. The number of carbonyl (C=O) groups excluding carboxylic acids is 3. The molecule has 0 spiro atoms. The lowest BCUT2D eigenvalue weighted by atomic mass is 9.85. The van der Waals surface area contributed by atoms with E-state index in [9.17, 15) is 24.6 Å². The minimum atomic E-state index is -0.881. The molecule has 5 aromatic rings.